The van der Waals surface area contributed by atoms with Crippen LogP contribution in [0.4, 0.5) is 5.82 Å². The van der Waals surface area contributed by atoms with Gasteiger partial charge in [-0.3, -0.25) is 5.10 Å². The zero-order valence-electron chi connectivity index (χ0n) is 10.8. The third-order valence-electron chi connectivity index (χ3n) is 3.49. The maximum atomic E-state index is 5.90. The molecule has 0 radical (unpaired) electrons. The average molecular weight is 259 g/mol. The van der Waals surface area contributed by atoms with Crippen molar-refractivity contribution in [3.63, 3.8) is 0 Å². The molecule has 0 amide bonds. The second-order valence-corrected chi connectivity index (χ2v) is 4.73. The lowest BCUT2D eigenvalue weighted by Gasteiger charge is -2.27. The van der Waals surface area contributed by atoms with Crippen LogP contribution in [0.5, 0.6) is 11.5 Å². The fraction of sp³-hybridized carbons (Fsp3) is 0.357. The van der Waals surface area contributed by atoms with E-state index in [0.29, 0.717) is 11.9 Å². The summed E-state index contributed by atoms with van der Waals surface area (Å²) >= 11 is 0. The van der Waals surface area contributed by atoms with Gasteiger partial charge in [-0.2, -0.15) is 5.10 Å². The van der Waals surface area contributed by atoms with Gasteiger partial charge in [0.05, 0.1) is 19.4 Å². The van der Waals surface area contributed by atoms with Crippen LogP contribution in [-0.4, -0.2) is 23.4 Å². The van der Waals surface area contributed by atoms with Crippen molar-refractivity contribution in [3.8, 4) is 22.6 Å². The van der Waals surface area contributed by atoms with Crippen LogP contribution in [0.15, 0.2) is 24.4 Å². The number of nitrogens with two attached hydrogens (primary N) is 1. The molecule has 0 spiro atoms. The molecule has 1 aromatic heterocycles. The number of H-pyrrole nitrogens is 1. The van der Waals surface area contributed by atoms with Crippen molar-refractivity contribution in [2.24, 2.45) is 0 Å². The smallest absolute Gasteiger partial charge is 0.161 e. The molecule has 1 aromatic carbocycles. The number of nitrogens with one attached hydrogen (secondary N) is 1. The molecule has 3 rings (SSSR count). The van der Waals surface area contributed by atoms with Crippen LogP contribution < -0.4 is 15.2 Å². The molecule has 2 aromatic rings. The lowest BCUT2D eigenvalue weighted by molar-refractivity contribution is 0.116. The van der Waals surface area contributed by atoms with E-state index in [9.17, 15) is 0 Å². The van der Waals surface area contributed by atoms with E-state index in [4.69, 9.17) is 15.2 Å². The SMILES string of the molecule is COc1cc(-c2cn[nH]c2N)ccc1OC1CCC1. The second kappa shape index (κ2) is 4.84. The monoisotopic (exact) mass is 259 g/mol. The molecular formula is C14H17N3O2. The molecule has 3 N–H and O–H groups in total. The van der Waals surface area contributed by atoms with Crippen LogP contribution in [-0.2, 0) is 0 Å². The van der Waals surface area contributed by atoms with Gasteiger partial charge >= 0.3 is 0 Å². The molecule has 0 bridgehead atoms. The zero-order valence-corrected chi connectivity index (χ0v) is 10.8. The predicted molar refractivity (Wildman–Crippen MR) is 73.3 cm³/mol. The summed E-state index contributed by atoms with van der Waals surface area (Å²) in [5.74, 6) is 2.07. The van der Waals surface area contributed by atoms with Gasteiger partial charge in [0, 0.05) is 5.56 Å². The van der Waals surface area contributed by atoms with Gasteiger partial charge < -0.3 is 15.2 Å². The zero-order chi connectivity index (χ0) is 13.2. The predicted octanol–water partition coefficient (Wildman–Crippen LogP) is 2.60. The van der Waals surface area contributed by atoms with Gasteiger partial charge in [-0.15, -0.1) is 0 Å². The van der Waals surface area contributed by atoms with Crippen molar-refractivity contribution in [1.82, 2.24) is 10.2 Å². The number of ether oxygens (including phenoxy) is 2. The first-order valence-corrected chi connectivity index (χ1v) is 6.42. The summed E-state index contributed by atoms with van der Waals surface area (Å²) in [6, 6.07) is 5.83. The van der Waals surface area contributed by atoms with Crippen LogP contribution in [0, 0.1) is 0 Å². The first-order chi connectivity index (χ1) is 9.28. The Balaban J connectivity index is 1.90. The summed E-state index contributed by atoms with van der Waals surface area (Å²) in [6.45, 7) is 0. The Hall–Kier alpha value is -2.17. The van der Waals surface area contributed by atoms with Crippen LogP contribution in [0.1, 0.15) is 19.3 Å². The van der Waals surface area contributed by atoms with E-state index in [-0.39, 0.29) is 0 Å². The summed E-state index contributed by atoms with van der Waals surface area (Å²) in [4.78, 5) is 0. The van der Waals surface area contributed by atoms with E-state index >= 15 is 0 Å². The molecule has 1 aliphatic rings. The number of nitrogens with zero attached hydrogens (tertiary/aromatic N) is 1. The topological polar surface area (TPSA) is 73.2 Å². The lowest BCUT2D eigenvalue weighted by atomic mass is 9.96. The van der Waals surface area contributed by atoms with Gasteiger partial charge in [0.25, 0.3) is 0 Å². The number of anilines is 1. The van der Waals surface area contributed by atoms with Crippen LogP contribution >= 0.6 is 0 Å². The summed E-state index contributed by atoms with van der Waals surface area (Å²) in [6.07, 6.45) is 5.53. The molecule has 0 aliphatic heterocycles. The standard InChI is InChI=1S/C14H17N3O2/c1-18-13-7-9(11-8-16-17-14(11)15)5-6-12(13)19-10-3-2-4-10/h5-8,10H,2-4H2,1H3,(H3,15,16,17). The summed E-state index contributed by atoms with van der Waals surface area (Å²) < 4.78 is 11.3. The fourth-order valence-electron chi connectivity index (χ4n) is 2.13. The highest BCUT2D eigenvalue weighted by atomic mass is 16.5. The lowest BCUT2D eigenvalue weighted by Crippen LogP contribution is -2.24. The number of rotatable bonds is 4. The number of methoxy groups -OCH3 is 1. The largest absolute Gasteiger partial charge is 0.493 e. The highest BCUT2D eigenvalue weighted by Gasteiger charge is 2.21. The Labute approximate surface area is 111 Å². The van der Waals surface area contributed by atoms with E-state index in [1.165, 1.54) is 6.42 Å². The number of aromatic nitrogens is 2. The molecule has 0 saturated heterocycles. The first-order valence-electron chi connectivity index (χ1n) is 6.42. The van der Waals surface area contributed by atoms with Crippen molar-refractivity contribution < 1.29 is 9.47 Å². The van der Waals surface area contributed by atoms with E-state index in [1.807, 2.05) is 18.2 Å². The van der Waals surface area contributed by atoms with Gasteiger partial charge in [-0.05, 0) is 37.0 Å². The first kappa shape index (κ1) is 11.9. The maximum Gasteiger partial charge on any atom is 0.161 e. The summed E-state index contributed by atoms with van der Waals surface area (Å²) in [5, 5.41) is 6.65. The Morgan fingerprint density at radius 1 is 1.32 bits per heavy atom. The molecule has 1 aliphatic carbocycles. The van der Waals surface area contributed by atoms with Gasteiger partial charge in [0.2, 0.25) is 0 Å². The van der Waals surface area contributed by atoms with E-state index < -0.39 is 0 Å². The van der Waals surface area contributed by atoms with Gasteiger partial charge in [-0.25, -0.2) is 0 Å². The quantitative estimate of drug-likeness (QED) is 0.885. The second-order valence-electron chi connectivity index (χ2n) is 4.73. The third-order valence-corrected chi connectivity index (χ3v) is 3.49. The third kappa shape index (κ3) is 2.23. The Kier molecular flexibility index (Phi) is 3.03. The molecule has 0 unspecified atom stereocenters. The van der Waals surface area contributed by atoms with Crippen LogP contribution in [0.3, 0.4) is 0 Å². The maximum absolute atomic E-state index is 5.90. The molecule has 1 saturated carbocycles. The molecule has 5 heteroatoms. The van der Waals surface area contributed by atoms with Gasteiger partial charge in [0.15, 0.2) is 11.5 Å². The Bertz CT molecular complexity index is 576. The fourth-order valence-corrected chi connectivity index (χ4v) is 2.13. The van der Waals surface area contributed by atoms with Crippen molar-refractivity contribution in [1.29, 1.82) is 0 Å². The van der Waals surface area contributed by atoms with Crippen molar-refractivity contribution in [3.05, 3.63) is 24.4 Å². The molecule has 5 nitrogen and oxygen atoms in total. The Morgan fingerprint density at radius 2 is 2.16 bits per heavy atom. The number of benzene rings is 1. The minimum Gasteiger partial charge on any atom is -0.493 e. The van der Waals surface area contributed by atoms with Crippen LogP contribution in [0.2, 0.25) is 0 Å². The minimum absolute atomic E-state index is 0.332. The molecule has 19 heavy (non-hydrogen) atoms. The van der Waals surface area contributed by atoms with Crippen molar-refractivity contribution >= 4 is 5.82 Å². The molecular weight excluding hydrogens is 242 g/mol. The highest BCUT2D eigenvalue weighted by Crippen LogP contribution is 2.36. The van der Waals surface area contributed by atoms with Crippen LogP contribution in [0.25, 0.3) is 11.1 Å². The Morgan fingerprint density at radius 3 is 2.74 bits per heavy atom. The van der Waals surface area contributed by atoms with E-state index in [0.717, 1.165) is 35.5 Å². The van der Waals surface area contributed by atoms with E-state index in [2.05, 4.69) is 10.2 Å². The summed E-state index contributed by atoms with van der Waals surface area (Å²) in [7, 11) is 1.64. The minimum atomic E-state index is 0.332. The van der Waals surface area contributed by atoms with Crippen molar-refractivity contribution in [2.75, 3.05) is 12.8 Å². The summed E-state index contributed by atoms with van der Waals surface area (Å²) in [5.41, 5.74) is 7.65. The number of nitrogen functional groups attached to an aromatic ring is 1. The molecule has 0 atom stereocenters. The van der Waals surface area contributed by atoms with Gasteiger partial charge in [0.1, 0.15) is 5.82 Å². The average Bonchev–Trinajstić information content (AvgIpc) is 2.80. The number of hydrogen-bond donors (Lipinski definition) is 2. The number of hydrogen-bond acceptors (Lipinski definition) is 4. The van der Waals surface area contributed by atoms with E-state index in [1.54, 1.807) is 13.3 Å². The number of aromatic amines is 1. The normalized spacial score (nSPS) is 15.0. The molecule has 1 heterocycles. The molecule has 1 fully saturated rings. The molecule has 100 valence electrons. The van der Waals surface area contributed by atoms with Crippen molar-refractivity contribution in [2.45, 2.75) is 25.4 Å². The highest BCUT2D eigenvalue weighted by molar-refractivity contribution is 5.75. The van der Waals surface area contributed by atoms with Gasteiger partial charge in [-0.1, -0.05) is 6.07 Å².